The van der Waals surface area contributed by atoms with Crippen LogP contribution >= 0.6 is 0 Å². The summed E-state index contributed by atoms with van der Waals surface area (Å²) in [5.74, 6) is -0.303. The SMILES string of the molecule is CCOC(=O)/C=C/CNc1ccc2ccccc2c1. The van der Waals surface area contributed by atoms with Crippen LogP contribution in [-0.4, -0.2) is 19.1 Å². The van der Waals surface area contributed by atoms with Gasteiger partial charge in [0.2, 0.25) is 0 Å². The number of anilines is 1. The fourth-order valence-electron chi connectivity index (χ4n) is 1.82. The lowest BCUT2D eigenvalue weighted by atomic mass is 10.1. The molecule has 0 heterocycles. The van der Waals surface area contributed by atoms with Gasteiger partial charge >= 0.3 is 5.97 Å². The number of esters is 1. The van der Waals surface area contributed by atoms with Crippen molar-refractivity contribution in [3.63, 3.8) is 0 Å². The van der Waals surface area contributed by atoms with E-state index >= 15 is 0 Å². The highest BCUT2D eigenvalue weighted by atomic mass is 16.5. The quantitative estimate of drug-likeness (QED) is 0.657. The second kappa shape index (κ2) is 6.59. The number of hydrogen-bond donors (Lipinski definition) is 1. The Labute approximate surface area is 112 Å². The minimum atomic E-state index is -0.303. The van der Waals surface area contributed by atoms with E-state index in [1.54, 1.807) is 13.0 Å². The van der Waals surface area contributed by atoms with Crippen LogP contribution < -0.4 is 5.32 Å². The molecule has 0 bridgehead atoms. The van der Waals surface area contributed by atoms with Gasteiger partial charge in [-0.05, 0) is 29.8 Å². The molecule has 2 aromatic rings. The predicted molar refractivity (Wildman–Crippen MR) is 78.2 cm³/mol. The Kier molecular flexibility index (Phi) is 4.56. The first kappa shape index (κ1) is 13.1. The summed E-state index contributed by atoms with van der Waals surface area (Å²) in [5.41, 5.74) is 1.03. The van der Waals surface area contributed by atoms with Crippen LogP contribution in [0, 0.1) is 0 Å². The molecule has 0 aliphatic rings. The predicted octanol–water partition coefficient (Wildman–Crippen LogP) is 3.37. The lowest BCUT2D eigenvalue weighted by Gasteiger charge is -2.05. The number of carbonyl (C=O) groups is 1. The molecule has 0 fully saturated rings. The molecule has 3 nitrogen and oxygen atoms in total. The standard InChI is InChI=1S/C16H17NO2/c1-2-19-16(18)8-5-11-17-15-10-9-13-6-3-4-7-14(13)12-15/h3-10,12,17H,2,11H2,1H3/b8-5+. The molecule has 0 amide bonds. The largest absolute Gasteiger partial charge is 0.463 e. The first-order valence-electron chi connectivity index (χ1n) is 6.35. The average molecular weight is 255 g/mol. The van der Waals surface area contributed by atoms with Gasteiger partial charge in [-0.1, -0.05) is 36.4 Å². The van der Waals surface area contributed by atoms with E-state index < -0.39 is 0 Å². The van der Waals surface area contributed by atoms with E-state index in [-0.39, 0.29) is 5.97 Å². The molecule has 0 spiro atoms. The Hall–Kier alpha value is -2.29. The van der Waals surface area contributed by atoms with Crippen LogP contribution in [0.1, 0.15) is 6.92 Å². The van der Waals surface area contributed by atoms with Gasteiger partial charge in [-0.3, -0.25) is 0 Å². The van der Waals surface area contributed by atoms with Gasteiger partial charge in [0.1, 0.15) is 0 Å². The highest BCUT2D eigenvalue weighted by Crippen LogP contribution is 2.18. The number of fused-ring (bicyclic) bond motifs is 1. The van der Waals surface area contributed by atoms with Crippen molar-refractivity contribution in [3.05, 3.63) is 54.6 Å². The zero-order valence-corrected chi connectivity index (χ0v) is 10.9. The molecule has 0 aliphatic carbocycles. The Balaban J connectivity index is 1.93. The van der Waals surface area contributed by atoms with Gasteiger partial charge in [0.25, 0.3) is 0 Å². The van der Waals surface area contributed by atoms with Gasteiger partial charge in [0.05, 0.1) is 6.61 Å². The molecule has 1 N–H and O–H groups in total. The second-order valence-electron chi connectivity index (χ2n) is 4.10. The monoisotopic (exact) mass is 255 g/mol. The second-order valence-corrected chi connectivity index (χ2v) is 4.10. The number of hydrogen-bond acceptors (Lipinski definition) is 3. The fraction of sp³-hybridized carbons (Fsp3) is 0.188. The van der Waals surface area contributed by atoms with E-state index in [1.165, 1.54) is 16.8 Å². The van der Waals surface area contributed by atoms with Gasteiger partial charge in [-0.2, -0.15) is 0 Å². The molecule has 0 radical (unpaired) electrons. The normalized spacial score (nSPS) is 10.8. The first-order chi connectivity index (χ1) is 9.29. The van der Waals surface area contributed by atoms with Crippen molar-refractivity contribution in [1.82, 2.24) is 0 Å². The summed E-state index contributed by atoms with van der Waals surface area (Å²) in [4.78, 5) is 11.1. The van der Waals surface area contributed by atoms with E-state index in [4.69, 9.17) is 4.74 Å². The van der Waals surface area contributed by atoms with Crippen molar-refractivity contribution in [2.75, 3.05) is 18.5 Å². The molecule has 0 atom stereocenters. The summed E-state index contributed by atoms with van der Waals surface area (Å²) in [7, 11) is 0. The van der Waals surface area contributed by atoms with Crippen LogP contribution in [0.25, 0.3) is 10.8 Å². The van der Waals surface area contributed by atoms with Gasteiger partial charge in [-0.25, -0.2) is 4.79 Å². The number of benzene rings is 2. The third-order valence-corrected chi connectivity index (χ3v) is 2.71. The minimum absolute atomic E-state index is 0.303. The van der Waals surface area contributed by atoms with Crippen molar-refractivity contribution < 1.29 is 9.53 Å². The first-order valence-corrected chi connectivity index (χ1v) is 6.35. The lowest BCUT2D eigenvalue weighted by Crippen LogP contribution is -2.02. The van der Waals surface area contributed by atoms with E-state index in [1.807, 2.05) is 18.2 Å². The summed E-state index contributed by atoms with van der Waals surface area (Å²) in [6, 6.07) is 14.4. The Morgan fingerprint density at radius 3 is 2.79 bits per heavy atom. The maximum Gasteiger partial charge on any atom is 0.330 e. The summed E-state index contributed by atoms with van der Waals surface area (Å²) < 4.78 is 4.80. The molecule has 0 aliphatic heterocycles. The van der Waals surface area contributed by atoms with E-state index in [2.05, 4.69) is 29.6 Å². The van der Waals surface area contributed by atoms with Crippen LogP contribution in [-0.2, 0) is 9.53 Å². The number of ether oxygens (including phenoxy) is 1. The molecule has 2 rings (SSSR count). The van der Waals surface area contributed by atoms with Gasteiger partial charge in [0.15, 0.2) is 0 Å². The van der Waals surface area contributed by atoms with Crippen LogP contribution in [0.15, 0.2) is 54.6 Å². The number of nitrogens with one attached hydrogen (secondary N) is 1. The molecule has 3 heteroatoms. The summed E-state index contributed by atoms with van der Waals surface area (Å²) in [6.07, 6.45) is 3.20. The van der Waals surface area contributed by atoms with Crippen molar-refractivity contribution >= 4 is 22.4 Å². The van der Waals surface area contributed by atoms with Crippen LogP contribution in [0.3, 0.4) is 0 Å². The van der Waals surface area contributed by atoms with E-state index in [0.717, 1.165) is 5.69 Å². The van der Waals surface area contributed by atoms with Crippen LogP contribution in [0.4, 0.5) is 5.69 Å². The third kappa shape index (κ3) is 3.85. The molecule has 0 saturated carbocycles. The van der Waals surface area contributed by atoms with Crippen molar-refractivity contribution in [1.29, 1.82) is 0 Å². The van der Waals surface area contributed by atoms with Crippen molar-refractivity contribution in [2.45, 2.75) is 6.92 Å². The molecule has 2 aromatic carbocycles. The van der Waals surface area contributed by atoms with E-state index in [0.29, 0.717) is 13.2 Å². The van der Waals surface area contributed by atoms with E-state index in [9.17, 15) is 4.79 Å². The van der Waals surface area contributed by atoms with Gasteiger partial charge < -0.3 is 10.1 Å². The summed E-state index contributed by atoms with van der Waals surface area (Å²) >= 11 is 0. The van der Waals surface area contributed by atoms with Gasteiger partial charge in [0, 0.05) is 18.3 Å². The van der Waals surface area contributed by atoms with Crippen molar-refractivity contribution in [3.8, 4) is 0 Å². The van der Waals surface area contributed by atoms with Crippen LogP contribution in [0.2, 0.25) is 0 Å². The molecular formula is C16H17NO2. The lowest BCUT2D eigenvalue weighted by molar-refractivity contribution is -0.137. The molecule has 0 saturated heterocycles. The fourth-order valence-corrected chi connectivity index (χ4v) is 1.82. The molecule has 98 valence electrons. The minimum Gasteiger partial charge on any atom is -0.463 e. The summed E-state index contributed by atoms with van der Waals surface area (Å²) in [5, 5.41) is 5.65. The number of rotatable bonds is 5. The topological polar surface area (TPSA) is 38.3 Å². The Morgan fingerprint density at radius 2 is 2.00 bits per heavy atom. The van der Waals surface area contributed by atoms with Crippen molar-refractivity contribution in [2.24, 2.45) is 0 Å². The molecule has 19 heavy (non-hydrogen) atoms. The smallest absolute Gasteiger partial charge is 0.330 e. The molecule has 0 unspecified atom stereocenters. The highest BCUT2D eigenvalue weighted by Gasteiger charge is 1.95. The zero-order valence-electron chi connectivity index (χ0n) is 10.9. The third-order valence-electron chi connectivity index (χ3n) is 2.71. The zero-order chi connectivity index (χ0) is 13.5. The average Bonchev–Trinajstić information content (AvgIpc) is 2.44. The van der Waals surface area contributed by atoms with Gasteiger partial charge in [-0.15, -0.1) is 0 Å². The highest BCUT2D eigenvalue weighted by molar-refractivity contribution is 5.85. The Bertz CT molecular complexity index is 590. The maximum atomic E-state index is 11.1. The van der Waals surface area contributed by atoms with Crippen LogP contribution in [0.5, 0.6) is 0 Å². The maximum absolute atomic E-state index is 11.1. The molecule has 0 aromatic heterocycles. The Morgan fingerprint density at radius 1 is 1.21 bits per heavy atom. The summed E-state index contributed by atoms with van der Waals surface area (Å²) in [6.45, 7) is 2.79. The number of carbonyl (C=O) groups excluding carboxylic acids is 1. The molecular weight excluding hydrogens is 238 g/mol.